The molecule has 1 aliphatic rings. The summed E-state index contributed by atoms with van der Waals surface area (Å²) >= 11 is 0. The smallest absolute Gasteiger partial charge is 0.306 e. The highest BCUT2D eigenvalue weighted by Crippen LogP contribution is 2.49. The minimum Gasteiger partial charge on any atom is -0.469 e. The molecule has 0 amide bonds. The van der Waals surface area contributed by atoms with Gasteiger partial charge in [-0.15, -0.1) is 0 Å². The lowest BCUT2D eigenvalue weighted by molar-refractivity contribution is -0.141. The quantitative estimate of drug-likeness (QED) is 0.659. The summed E-state index contributed by atoms with van der Waals surface area (Å²) in [5, 5.41) is 8.16. The molecule has 0 heterocycles. The van der Waals surface area contributed by atoms with E-state index in [0.29, 0.717) is 12.2 Å². The van der Waals surface area contributed by atoms with E-state index in [-0.39, 0.29) is 11.4 Å². The van der Waals surface area contributed by atoms with Crippen molar-refractivity contribution in [3.8, 4) is 6.07 Å². The van der Waals surface area contributed by atoms with Crippen LogP contribution in [0.5, 0.6) is 0 Å². The standard InChI is InChI=1S/C10H15NO3S/c1-8(6-11)15(13)7-10(3-4-10)5-9(12)14-2/h8H,3-5,7H2,1-2H3. The molecule has 84 valence electrons. The number of rotatable bonds is 5. The van der Waals surface area contributed by atoms with Gasteiger partial charge < -0.3 is 4.74 Å². The molecule has 0 spiro atoms. The van der Waals surface area contributed by atoms with Crippen LogP contribution >= 0.6 is 0 Å². The Kier molecular flexibility index (Phi) is 3.86. The summed E-state index contributed by atoms with van der Waals surface area (Å²) in [6.45, 7) is 1.64. The third-order valence-electron chi connectivity index (χ3n) is 2.73. The van der Waals surface area contributed by atoms with Crippen molar-refractivity contribution in [1.29, 1.82) is 5.26 Å². The van der Waals surface area contributed by atoms with Crippen molar-refractivity contribution < 1.29 is 13.7 Å². The summed E-state index contributed by atoms with van der Waals surface area (Å²) < 4.78 is 16.2. The Labute approximate surface area is 92.1 Å². The van der Waals surface area contributed by atoms with Crippen LogP contribution in [0.15, 0.2) is 0 Å². The molecular formula is C10H15NO3S. The molecule has 0 aromatic carbocycles. The van der Waals surface area contributed by atoms with E-state index >= 15 is 0 Å². The first-order valence-corrected chi connectivity index (χ1v) is 6.25. The van der Waals surface area contributed by atoms with Crippen LogP contribution in [0, 0.1) is 16.7 Å². The first-order chi connectivity index (χ1) is 7.03. The second-order valence-electron chi connectivity index (χ2n) is 4.05. The van der Waals surface area contributed by atoms with Crippen LogP contribution < -0.4 is 0 Å². The molecule has 1 saturated carbocycles. The summed E-state index contributed by atoms with van der Waals surface area (Å²) in [5.41, 5.74) is -0.150. The van der Waals surface area contributed by atoms with Gasteiger partial charge in [0.25, 0.3) is 0 Å². The van der Waals surface area contributed by atoms with E-state index in [1.807, 2.05) is 6.07 Å². The van der Waals surface area contributed by atoms with Gasteiger partial charge in [0.1, 0.15) is 5.25 Å². The fraction of sp³-hybridized carbons (Fsp3) is 0.800. The van der Waals surface area contributed by atoms with Gasteiger partial charge in [-0.2, -0.15) is 5.26 Å². The van der Waals surface area contributed by atoms with Crippen LogP contribution in [-0.4, -0.2) is 28.3 Å². The third-order valence-corrected chi connectivity index (χ3v) is 4.52. The summed E-state index contributed by atoms with van der Waals surface area (Å²) in [5.74, 6) is 0.186. The first kappa shape index (κ1) is 12.2. The van der Waals surface area contributed by atoms with E-state index in [4.69, 9.17) is 5.26 Å². The molecule has 0 aliphatic heterocycles. The Morgan fingerprint density at radius 2 is 2.27 bits per heavy atom. The molecule has 0 aromatic heterocycles. The van der Waals surface area contributed by atoms with Crippen molar-refractivity contribution in [3.63, 3.8) is 0 Å². The topological polar surface area (TPSA) is 67.2 Å². The summed E-state index contributed by atoms with van der Waals surface area (Å²) in [4.78, 5) is 11.1. The van der Waals surface area contributed by atoms with Crippen LogP contribution in [-0.2, 0) is 20.3 Å². The van der Waals surface area contributed by atoms with Gasteiger partial charge >= 0.3 is 5.97 Å². The SMILES string of the molecule is COC(=O)CC1(CS(=O)C(C)C#N)CC1. The molecule has 0 aromatic rings. The zero-order chi connectivity index (χ0) is 11.5. The third kappa shape index (κ3) is 3.31. The van der Waals surface area contributed by atoms with Crippen molar-refractivity contribution in [1.82, 2.24) is 0 Å². The number of esters is 1. The number of hydrogen-bond acceptors (Lipinski definition) is 4. The van der Waals surface area contributed by atoms with Crippen LogP contribution in [0.25, 0.3) is 0 Å². The second kappa shape index (κ2) is 4.75. The van der Waals surface area contributed by atoms with E-state index < -0.39 is 16.0 Å². The summed E-state index contributed by atoms with van der Waals surface area (Å²) in [7, 11) is 0.195. The van der Waals surface area contributed by atoms with Gasteiger partial charge in [0.2, 0.25) is 0 Å². The molecular weight excluding hydrogens is 214 g/mol. The lowest BCUT2D eigenvalue weighted by Crippen LogP contribution is -2.22. The van der Waals surface area contributed by atoms with E-state index in [1.54, 1.807) is 6.92 Å². The van der Waals surface area contributed by atoms with Crippen molar-refractivity contribution in [2.24, 2.45) is 5.41 Å². The highest BCUT2D eigenvalue weighted by molar-refractivity contribution is 7.85. The summed E-state index contributed by atoms with van der Waals surface area (Å²) in [6, 6.07) is 1.97. The molecule has 0 bridgehead atoms. The van der Waals surface area contributed by atoms with E-state index in [1.165, 1.54) is 7.11 Å². The normalized spacial score (nSPS) is 21.1. The number of ether oxygens (including phenoxy) is 1. The minimum atomic E-state index is -1.16. The second-order valence-corrected chi connectivity index (χ2v) is 5.81. The van der Waals surface area contributed by atoms with Gasteiger partial charge in [0.15, 0.2) is 0 Å². The Hall–Kier alpha value is -0.890. The van der Waals surface area contributed by atoms with Gasteiger partial charge in [-0.1, -0.05) is 0 Å². The minimum absolute atomic E-state index is 0.150. The highest BCUT2D eigenvalue weighted by Gasteiger charge is 2.46. The molecule has 2 unspecified atom stereocenters. The highest BCUT2D eigenvalue weighted by atomic mass is 32.2. The van der Waals surface area contributed by atoms with Crippen LogP contribution in [0.4, 0.5) is 0 Å². The number of carbonyl (C=O) groups is 1. The molecule has 0 radical (unpaired) electrons. The predicted octanol–water partition coefficient (Wildman–Crippen LogP) is 0.990. The van der Waals surface area contributed by atoms with Crippen LogP contribution in [0.1, 0.15) is 26.2 Å². The zero-order valence-corrected chi connectivity index (χ0v) is 9.80. The molecule has 1 aliphatic carbocycles. The number of nitrogens with zero attached hydrogens (tertiary/aromatic N) is 1. The van der Waals surface area contributed by atoms with Gasteiger partial charge in [-0.25, -0.2) is 0 Å². The molecule has 0 N–H and O–H groups in total. The molecule has 1 fully saturated rings. The lowest BCUT2D eigenvalue weighted by atomic mass is 10.1. The van der Waals surface area contributed by atoms with Crippen molar-refractivity contribution >= 4 is 16.8 Å². The monoisotopic (exact) mass is 229 g/mol. The zero-order valence-electron chi connectivity index (χ0n) is 8.99. The molecule has 0 saturated heterocycles. The number of carbonyl (C=O) groups excluding carboxylic acids is 1. The van der Waals surface area contributed by atoms with Crippen LogP contribution in [0.2, 0.25) is 0 Å². The van der Waals surface area contributed by atoms with Gasteiger partial charge in [-0.05, 0) is 25.2 Å². The number of hydrogen-bond donors (Lipinski definition) is 0. The predicted molar refractivity (Wildman–Crippen MR) is 56.4 cm³/mol. The van der Waals surface area contributed by atoms with Gasteiger partial charge in [0.05, 0.1) is 19.6 Å². The fourth-order valence-corrected chi connectivity index (χ4v) is 2.77. The van der Waals surface area contributed by atoms with E-state index in [2.05, 4.69) is 4.74 Å². The maximum Gasteiger partial charge on any atom is 0.306 e. The molecule has 2 atom stereocenters. The van der Waals surface area contributed by atoms with E-state index in [9.17, 15) is 9.00 Å². The largest absolute Gasteiger partial charge is 0.469 e. The molecule has 5 heteroatoms. The van der Waals surface area contributed by atoms with E-state index in [0.717, 1.165) is 12.8 Å². The van der Waals surface area contributed by atoms with Gasteiger partial charge in [0, 0.05) is 16.6 Å². The van der Waals surface area contributed by atoms with Gasteiger partial charge in [-0.3, -0.25) is 9.00 Å². The summed E-state index contributed by atoms with van der Waals surface area (Å²) in [6.07, 6.45) is 2.14. The van der Waals surface area contributed by atoms with Crippen molar-refractivity contribution in [3.05, 3.63) is 0 Å². The maximum absolute atomic E-state index is 11.6. The molecule has 4 nitrogen and oxygen atoms in total. The average Bonchev–Trinajstić information content (AvgIpc) is 2.96. The van der Waals surface area contributed by atoms with Crippen molar-refractivity contribution in [2.75, 3.05) is 12.9 Å². The first-order valence-electron chi connectivity index (χ1n) is 4.86. The van der Waals surface area contributed by atoms with Crippen molar-refractivity contribution in [2.45, 2.75) is 31.4 Å². The van der Waals surface area contributed by atoms with Crippen LogP contribution in [0.3, 0.4) is 0 Å². The average molecular weight is 229 g/mol. The fourth-order valence-electron chi connectivity index (χ4n) is 1.41. The Morgan fingerprint density at radius 1 is 1.67 bits per heavy atom. The molecule has 1 rings (SSSR count). The number of nitriles is 1. The Morgan fingerprint density at radius 3 is 2.67 bits per heavy atom. The molecule has 15 heavy (non-hydrogen) atoms. The lowest BCUT2D eigenvalue weighted by Gasteiger charge is -2.13. The Balaban J connectivity index is 2.48. The Bertz CT molecular complexity index is 317. The number of methoxy groups -OCH3 is 1. The maximum atomic E-state index is 11.6.